The van der Waals surface area contributed by atoms with Crippen LogP contribution in [0.15, 0.2) is 42.0 Å². The molecule has 1 nitrogen and oxygen atoms in total. The Bertz CT molecular complexity index is 455. The second kappa shape index (κ2) is 6.70. The molecule has 1 aromatic rings. The van der Waals surface area contributed by atoms with E-state index in [-0.39, 0.29) is 0 Å². The molecular formula is C16H19N. The molecule has 0 saturated heterocycles. The van der Waals surface area contributed by atoms with Crippen LogP contribution in [-0.4, -0.2) is 0 Å². The number of benzene rings is 1. The lowest BCUT2D eigenvalue weighted by Gasteiger charge is -2.12. The van der Waals surface area contributed by atoms with Gasteiger partial charge in [-0.3, -0.25) is 0 Å². The summed E-state index contributed by atoms with van der Waals surface area (Å²) in [5, 5.41) is 8.70. The van der Waals surface area contributed by atoms with Crippen molar-refractivity contribution in [2.24, 2.45) is 0 Å². The van der Waals surface area contributed by atoms with Gasteiger partial charge in [-0.05, 0) is 43.0 Å². The Labute approximate surface area is 104 Å². The van der Waals surface area contributed by atoms with Crippen LogP contribution < -0.4 is 0 Å². The van der Waals surface area contributed by atoms with Crippen molar-refractivity contribution in [2.75, 3.05) is 0 Å². The molecule has 1 aromatic carbocycles. The van der Waals surface area contributed by atoms with E-state index in [4.69, 9.17) is 5.26 Å². The second-order valence-corrected chi connectivity index (χ2v) is 3.89. The highest BCUT2D eigenvalue weighted by Gasteiger charge is 2.05. The molecule has 0 amide bonds. The van der Waals surface area contributed by atoms with Gasteiger partial charge in [-0.25, -0.2) is 0 Å². The summed E-state index contributed by atoms with van der Waals surface area (Å²) in [6, 6.07) is 9.94. The first-order valence-electron chi connectivity index (χ1n) is 6.16. The summed E-state index contributed by atoms with van der Waals surface area (Å²) < 4.78 is 0. The molecule has 0 unspecified atom stereocenters. The predicted molar refractivity (Wildman–Crippen MR) is 73.5 cm³/mol. The van der Waals surface area contributed by atoms with Crippen LogP contribution in [0.5, 0.6) is 0 Å². The Kier molecular flexibility index (Phi) is 5.23. The van der Waals surface area contributed by atoms with Gasteiger partial charge in [0.05, 0.1) is 11.6 Å². The van der Waals surface area contributed by atoms with Crippen molar-refractivity contribution in [3.05, 3.63) is 53.1 Å². The van der Waals surface area contributed by atoms with Crippen LogP contribution in [0.25, 0.3) is 5.57 Å². The lowest BCUT2D eigenvalue weighted by Crippen LogP contribution is -1.91. The minimum absolute atomic E-state index is 0.724. The number of hydrogen-bond acceptors (Lipinski definition) is 1. The molecule has 2 rings (SSSR count). The van der Waals surface area contributed by atoms with Crippen molar-refractivity contribution in [1.29, 1.82) is 5.26 Å². The van der Waals surface area contributed by atoms with Crippen LogP contribution in [0.3, 0.4) is 0 Å². The van der Waals surface area contributed by atoms with Gasteiger partial charge in [0.25, 0.3) is 0 Å². The molecule has 1 heteroatoms. The maximum Gasteiger partial charge on any atom is 0.0991 e. The van der Waals surface area contributed by atoms with Gasteiger partial charge in [0.2, 0.25) is 0 Å². The van der Waals surface area contributed by atoms with E-state index in [0.717, 1.165) is 18.4 Å². The Hall–Kier alpha value is -1.81. The van der Waals surface area contributed by atoms with E-state index in [1.807, 2.05) is 38.1 Å². The van der Waals surface area contributed by atoms with Gasteiger partial charge in [0, 0.05) is 0 Å². The van der Waals surface area contributed by atoms with Gasteiger partial charge >= 0.3 is 0 Å². The molecule has 0 saturated carbocycles. The molecular weight excluding hydrogens is 206 g/mol. The van der Waals surface area contributed by atoms with E-state index in [0.29, 0.717) is 0 Å². The number of rotatable bonds is 1. The quantitative estimate of drug-likeness (QED) is 0.679. The minimum Gasteiger partial charge on any atom is -0.192 e. The zero-order valence-electron chi connectivity index (χ0n) is 10.8. The summed E-state index contributed by atoms with van der Waals surface area (Å²) in [6.45, 7) is 6.16. The summed E-state index contributed by atoms with van der Waals surface area (Å²) in [4.78, 5) is 0. The number of nitrogens with zero attached hydrogens (tertiary/aromatic N) is 1. The largest absolute Gasteiger partial charge is 0.192 e. The molecule has 0 N–H and O–H groups in total. The molecule has 1 aliphatic rings. The molecule has 88 valence electrons. The molecule has 1 aliphatic carbocycles. The van der Waals surface area contributed by atoms with Crippen LogP contribution in [0.1, 0.15) is 44.7 Å². The fourth-order valence-electron chi connectivity index (χ4n) is 1.74. The van der Waals surface area contributed by atoms with Gasteiger partial charge in [-0.1, -0.05) is 43.7 Å². The highest BCUT2D eigenvalue weighted by molar-refractivity contribution is 5.69. The summed E-state index contributed by atoms with van der Waals surface area (Å²) in [6.07, 6.45) is 6.61. The Morgan fingerprint density at radius 1 is 1.00 bits per heavy atom. The maximum absolute atomic E-state index is 8.70. The highest BCUT2D eigenvalue weighted by atomic mass is 14.2. The van der Waals surface area contributed by atoms with Crippen molar-refractivity contribution in [3.63, 3.8) is 0 Å². The van der Waals surface area contributed by atoms with Gasteiger partial charge in [-0.2, -0.15) is 5.26 Å². The summed E-state index contributed by atoms with van der Waals surface area (Å²) in [7, 11) is 0. The summed E-state index contributed by atoms with van der Waals surface area (Å²) in [5.41, 5.74) is 4.76. The van der Waals surface area contributed by atoms with Crippen LogP contribution in [0.4, 0.5) is 0 Å². The van der Waals surface area contributed by atoms with E-state index in [1.165, 1.54) is 16.7 Å². The molecule has 0 fully saturated rings. The maximum atomic E-state index is 8.70. The first-order chi connectivity index (χ1) is 8.29. The van der Waals surface area contributed by atoms with E-state index < -0.39 is 0 Å². The number of nitriles is 1. The normalized spacial score (nSPS) is 13.8. The minimum atomic E-state index is 0.724. The van der Waals surface area contributed by atoms with Crippen LogP contribution in [0.2, 0.25) is 0 Å². The molecule has 17 heavy (non-hydrogen) atoms. The molecule has 0 aliphatic heterocycles. The van der Waals surface area contributed by atoms with Crippen LogP contribution in [-0.2, 0) is 0 Å². The Morgan fingerprint density at radius 3 is 2.12 bits per heavy atom. The third-order valence-corrected chi connectivity index (χ3v) is 2.74. The monoisotopic (exact) mass is 225 g/mol. The van der Waals surface area contributed by atoms with Gasteiger partial charge in [0.1, 0.15) is 0 Å². The van der Waals surface area contributed by atoms with Gasteiger partial charge in [-0.15, -0.1) is 0 Å². The molecule has 0 radical (unpaired) electrons. The molecule has 0 heterocycles. The SMILES string of the molecule is CC.CC1=CC=C(c2ccc(C#N)cc2)CC1. The average molecular weight is 225 g/mol. The van der Waals surface area contributed by atoms with Crippen LogP contribution >= 0.6 is 0 Å². The number of hydrogen-bond donors (Lipinski definition) is 0. The van der Waals surface area contributed by atoms with E-state index in [2.05, 4.69) is 25.1 Å². The zero-order valence-corrected chi connectivity index (χ0v) is 10.8. The Balaban J connectivity index is 0.000000686. The van der Waals surface area contributed by atoms with E-state index in [1.54, 1.807) is 0 Å². The smallest absolute Gasteiger partial charge is 0.0991 e. The average Bonchev–Trinajstić information content (AvgIpc) is 2.42. The third-order valence-electron chi connectivity index (χ3n) is 2.74. The van der Waals surface area contributed by atoms with Crippen molar-refractivity contribution < 1.29 is 0 Å². The van der Waals surface area contributed by atoms with Gasteiger partial charge in [0.15, 0.2) is 0 Å². The molecule has 0 bridgehead atoms. The van der Waals surface area contributed by atoms with Gasteiger partial charge < -0.3 is 0 Å². The number of allylic oxidation sites excluding steroid dienone is 4. The fraction of sp³-hybridized carbons (Fsp3) is 0.312. The fourth-order valence-corrected chi connectivity index (χ4v) is 1.74. The first-order valence-corrected chi connectivity index (χ1v) is 6.16. The van der Waals surface area contributed by atoms with Crippen molar-refractivity contribution in [1.82, 2.24) is 0 Å². The topological polar surface area (TPSA) is 23.8 Å². The first kappa shape index (κ1) is 13.3. The second-order valence-electron chi connectivity index (χ2n) is 3.89. The van der Waals surface area contributed by atoms with Crippen molar-refractivity contribution >= 4 is 5.57 Å². The summed E-state index contributed by atoms with van der Waals surface area (Å²) >= 11 is 0. The third kappa shape index (κ3) is 3.60. The molecule has 0 atom stereocenters. The standard InChI is InChI=1S/C14H13N.C2H6/c1-11-2-6-13(7-3-11)14-8-4-12(10-15)5-9-14;1-2/h2,4-6,8-9H,3,7H2,1H3;1-2H3. The molecule has 0 spiro atoms. The van der Waals surface area contributed by atoms with Crippen molar-refractivity contribution in [2.45, 2.75) is 33.6 Å². The summed E-state index contributed by atoms with van der Waals surface area (Å²) in [5.74, 6) is 0. The lowest BCUT2D eigenvalue weighted by molar-refractivity contribution is 0.977. The highest BCUT2D eigenvalue weighted by Crippen LogP contribution is 2.26. The molecule has 0 aromatic heterocycles. The van der Waals surface area contributed by atoms with Crippen molar-refractivity contribution in [3.8, 4) is 6.07 Å². The predicted octanol–water partition coefficient (Wildman–Crippen LogP) is 4.71. The van der Waals surface area contributed by atoms with Crippen LogP contribution in [0, 0.1) is 11.3 Å². The van der Waals surface area contributed by atoms with E-state index in [9.17, 15) is 0 Å². The van der Waals surface area contributed by atoms with E-state index >= 15 is 0 Å². The zero-order chi connectivity index (χ0) is 12.7. The Morgan fingerprint density at radius 2 is 1.65 bits per heavy atom. The lowest BCUT2D eigenvalue weighted by atomic mass is 9.93.